The van der Waals surface area contributed by atoms with Gasteiger partial charge in [0.15, 0.2) is 11.5 Å². The summed E-state index contributed by atoms with van der Waals surface area (Å²) in [5.41, 5.74) is 10.4. The Labute approximate surface area is 182 Å². The highest BCUT2D eigenvalue weighted by Gasteiger charge is 2.04. The number of carbonyl (C=O) groups excluding carboxylic acids is 1. The van der Waals surface area contributed by atoms with E-state index in [9.17, 15) is 4.79 Å². The van der Waals surface area contributed by atoms with Gasteiger partial charge < -0.3 is 25.8 Å². The molecule has 160 valence electrons. The fourth-order valence-corrected chi connectivity index (χ4v) is 2.67. The Hall–Kier alpha value is -4.18. The molecule has 0 aromatic heterocycles. The van der Waals surface area contributed by atoms with Crippen LogP contribution in [0.3, 0.4) is 0 Å². The molecule has 0 saturated heterocycles. The van der Waals surface area contributed by atoms with Crippen molar-refractivity contribution in [2.24, 2.45) is 0 Å². The minimum atomic E-state index is 0.445. The van der Waals surface area contributed by atoms with Gasteiger partial charge in [-0.25, -0.2) is 0 Å². The highest BCUT2D eigenvalue weighted by Crippen LogP contribution is 2.29. The zero-order chi connectivity index (χ0) is 22.6. The lowest BCUT2D eigenvalue weighted by atomic mass is 10.1. The number of hydrogen-bond donors (Lipinski definition) is 3. The summed E-state index contributed by atoms with van der Waals surface area (Å²) in [7, 11) is 3.28. The minimum absolute atomic E-state index is 0.445. The quantitative estimate of drug-likeness (QED) is 0.389. The number of nitriles is 1. The maximum atomic E-state index is 10.1. The standard InChI is InChI=1S/C16H19NO2.C8H7N3O/c1-12-4-6-13(7-5-12)11-17-14-8-9-15(18-2)16(10-14)19-3;9-4-6-1-2-7(10)8(3-6)11-5-12/h4-10,17H,11H2,1-3H3;1-3,5H,10H2,(H,11,12). The van der Waals surface area contributed by atoms with Crippen LogP contribution in [-0.4, -0.2) is 20.6 Å². The molecule has 3 aromatic carbocycles. The van der Waals surface area contributed by atoms with Crippen molar-refractivity contribution in [1.82, 2.24) is 0 Å². The van der Waals surface area contributed by atoms with Crippen LogP contribution in [0.1, 0.15) is 16.7 Å². The van der Waals surface area contributed by atoms with Crippen LogP contribution in [0.15, 0.2) is 60.7 Å². The predicted molar refractivity (Wildman–Crippen MR) is 123 cm³/mol. The zero-order valence-corrected chi connectivity index (χ0v) is 17.8. The van der Waals surface area contributed by atoms with Gasteiger partial charge in [0.1, 0.15) is 0 Å². The Morgan fingerprint density at radius 3 is 2.32 bits per heavy atom. The number of carbonyl (C=O) groups is 1. The number of benzene rings is 3. The van der Waals surface area contributed by atoms with Crippen molar-refractivity contribution in [3.8, 4) is 17.6 Å². The van der Waals surface area contributed by atoms with E-state index in [-0.39, 0.29) is 0 Å². The van der Waals surface area contributed by atoms with Crippen molar-refractivity contribution in [3.63, 3.8) is 0 Å². The topological polar surface area (TPSA) is 109 Å². The van der Waals surface area contributed by atoms with Gasteiger partial charge in [0.25, 0.3) is 0 Å². The highest BCUT2D eigenvalue weighted by molar-refractivity contribution is 5.80. The van der Waals surface area contributed by atoms with Gasteiger partial charge in [0.2, 0.25) is 6.41 Å². The first-order valence-electron chi connectivity index (χ1n) is 9.52. The minimum Gasteiger partial charge on any atom is -0.493 e. The van der Waals surface area contributed by atoms with E-state index >= 15 is 0 Å². The molecule has 0 heterocycles. The van der Waals surface area contributed by atoms with E-state index in [0.29, 0.717) is 23.3 Å². The van der Waals surface area contributed by atoms with E-state index in [1.54, 1.807) is 26.4 Å². The number of rotatable bonds is 7. The van der Waals surface area contributed by atoms with Crippen LogP contribution in [0.2, 0.25) is 0 Å². The third-order valence-electron chi connectivity index (χ3n) is 4.40. The molecule has 0 saturated carbocycles. The third-order valence-corrected chi connectivity index (χ3v) is 4.40. The van der Waals surface area contributed by atoms with E-state index < -0.39 is 0 Å². The second-order valence-electron chi connectivity index (χ2n) is 6.58. The van der Waals surface area contributed by atoms with Crippen molar-refractivity contribution in [3.05, 3.63) is 77.4 Å². The molecule has 4 N–H and O–H groups in total. The summed E-state index contributed by atoms with van der Waals surface area (Å²) in [4.78, 5) is 10.1. The van der Waals surface area contributed by atoms with Gasteiger partial charge in [0.05, 0.1) is 37.2 Å². The van der Waals surface area contributed by atoms with Crippen molar-refractivity contribution >= 4 is 23.5 Å². The number of nitrogens with one attached hydrogen (secondary N) is 2. The molecule has 3 rings (SSSR count). The number of anilines is 3. The summed E-state index contributed by atoms with van der Waals surface area (Å²) >= 11 is 0. The Morgan fingerprint density at radius 1 is 1.00 bits per heavy atom. The number of nitrogen functional groups attached to an aromatic ring is 1. The molecule has 1 amide bonds. The lowest BCUT2D eigenvalue weighted by molar-refractivity contribution is -0.105. The molecule has 0 aliphatic carbocycles. The number of methoxy groups -OCH3 is 2. The predicted octanol–water partition coefficient (Wildman–Crippen LogP) is 4.33. The number of nitrogens with two attached hydrogens (primary N) is 1. The summed E-state index contributed by atoms with van der Waals surface area (Å²) in [5, 5.41) is 14.3. The monoisotopic (exact) mass is 418 g/mol. The second-order valence-corrected chi connectivity index (χ2v) is 6.58. The van der Waals surface area contributed by atoms with Crippen LogP contribution in [0.4, 0.5) is 17.1 Å². The average Bonchev–Trinajstić information content (AvgIpc) is 2.80. The molecule has 31 heavy (non-hydrogen) atoms. The van der Waals surface area contributed by atoms with Crippen LogP contribution < -0.4 is 25.8 Å². The molecular formula is C24H26N4O3. The summed E-state index contributed by atoms with van der Waals surface area (Å²) in [5.74, 6) is 1.47. The van der Waals surface area contributed by atoms with Gasteiger partial charge >= 0.3 is 0 Å². The molecular weight excluding hydrogens is 392 g/mol. The average molecular weight is 418 g/mol. The van der Waals surface area contributed by atoms with Crippen LogP contribution in [0.5, 0.6) is 11.5 Å². The van der Waals surface area contributed by atoms with Crippen LogP contribution in [-0.2, 0) is 11.3 Å². The Morgan fingerprint density at radius 2 is 1.71 bits per heavy atom. The van der Waals surface area contributed by atoms with Gasteiger partial charge in [0, 0.05) is 18.3 Å². The molecule has 0 aliphatic rings. The Kier molecular flexibility index (Phi) is 8.74. The fraction of sp³-hybridized carbons (Fsp3) is 0.167. The molecule has 7 heteroatoms. The van der Waals surface area contributed by atoms with E-state index in [0.717, 1.165) is 23.7 Å². The Balaban J connectivity index is 0.000000245. The molecule has 7 nitrogen and oxygen atoms in total. The van der Waals surface area contributed by atoms with Crippen molar-refractivity contribution in [2.75, 3.05) is 30.6 Å². The molecule has 0 aliphatic heterocycles. The summed E-state index contributed by atoms with van der Waals surface area (Å²) < 4.78 is 10.5. The van der Waals surface area contributed by atoms with Crippen molar-refractivity contribution in [1.29, 1.82) is 5.26 Å². The van der Waals surface area contributed by atoms with Gasteiger partial charge in [-0.2, -0.15) is 5.26 Å². The number of amides is 1. The Bertz CT molecular complexity index is 1040. The highest BCUT2D eigenvalue weighted by atomic mass is 16.5. The lowest BCUT2D eigenvalue weighted by Gasteiger charge is -2.11. The fourth-order valence-electron chi connectivity index (χ4n) is 2.67. The number of ether oxygens (including phenoxy) is 2. The summed E-state index contributed by atoms with van der Waals surface area (Å²) in [6.45, 7) is 2.88. The van der Waals surface area contributed by atoms with Crippen molar-refractivity contribution in [2.45, 2.75) is 13.5 Å². The maximum Gasteiger partial charge on any atom is 0.211 e. The first-order chi connectivity index (χ1) is 15.0. The second kappa shape index (κ2) is 11.7. The number of aryl methyl sites for hydroxylation is 1. The van der Waals surface area contributed by atoms with Crippen LogP contribution in [0.25, 0.3) is 0 Å². The molecule has 0 unspecified atom stereocenters. The molecule has 3 aromatic rings. The van der Waals surface area contributed by atoms with Gasteiger partial charge in [-0.3, -0.25) is 4.79 Å². The first kappa shape index (κ1) is 23.1. The van der Waals surface area contributed by atoms with E-state index in [4.69, 9.17) is 20.5 Å². The first-order valence-corrected chi connectivity index (χ1v) is 9.52. The van der Waals surface area contributed by atoms with Crippen LogP contribution in [0, 0.1) is 18.3 Å². The summed E-state index contributed by atoms with van der Waals surface area (Å²) in [6, 6.07) is 20.9. The number of hydrogen-bond acceptors (Lipinski definition) is 6. The smallest absolute Gasteiger partial charge is 0.211 e. The molecule has 0 spiro atoms. The van der Waals surface area contributed by atoms with Gasteiger partial charge in [-0.15, -0.1) is 0 Å². The zero-order valence-electron chi connectivity index (χ0n) is 17.8. The molecule has 0 atom stereocenters. The van der Waals surface area contributed by atoms with Crippen molar-refractivity contribution < 1.29 is 14.3 Å². The van der Waals surface area contributed by atoms with E-state index in [1.807, 2.05) is 24.3 Å². The molecule has 0 fully saturated rings. The van der Waals surface area contributed by atoms with Gasteiger partial charge in [-0.1, -0.05) is 29.8 Å². The number of nitrogens with zero attached hydrogens (tertiary/aromatic N) is 1. The lowest BCUT2D eigenvalue weighted by Crippen LogP contribution is -2.00. The molecule has 0 radical (unpaired) electrons. The van der Waals surface area contributed by atoms with E-state index in [2.05, 4.69) is 41.8 Å². The normalized spacial score (nSPS) is 9.48. The largest absolute Gasteiger partial charge is 0.493 e. The van der Waals surface area contributed by atoms with E-state index in [1.165, 1.54) is 17.2 Å². The third kappa shape index (κ3) is 6.98. The van der Waals surface area contributed by atoms with Gasteiger partial charge in [-0.05, 0) is 42.8 Å². The SMILES string of the molecule is COc1ccc(NCc2ccc(C)cc2)cc1OC.N#Cc1ccc(N)c(NC=O)c1. The van der Waals surface area contributed by atoms with Crippen LogP contribution >= 0.6 is 0 Å². The summed E-state index contributed by atoms with van der Waals surface area (Å²) in [6.07, 6.45) is 0.521. The molecule has 0 bridgehead atoms. The maximum absolute atomic E-state index is 10.1.